The maximum absolute atomic E-state index is 13.7. The number of anilines is 1. The Labute approximate surface area is 188 Å². The lowest BCUT2D eigenvalue weighted by Gasteiger charge is -2.22. The zero-order chi connectivity index (χ0) is 22.9. The molecule has 0 aliphatic rings. The highest BCUT2D eigenvalue weighted by Crippen LogP contribution is 2.20. The minimum Gasteiger partial charge on any atom is -0.354 e. The van der Waals surface area contributed by atoms with Crippen LogP contribution in [0.3, 0.4) is 0 Å². The molecule has 0 unspecified atom stereocenters. The third-order valence-electron chi connectivity index (χ3n) is 4.78. The van der Waals surface area contributed by atoms with E-state index in [1.807, 2.05) is 68.4 Å². The topological polar surface area (TPSA) is 49.4 Å². The molecule has 5 heteroatoms. The maximum Gasteiger partial charge on any atom is 0.251 e. The largest absolute Gasteiger partial charge is 0.354 e. The van der Waals surface area contributed by atoms with E-state index in [0.717, 1.165) is 11.1 Å². The van der Waals surface area contributed by atoms with Crippen molar-refractivity contribution in [1.29, 1.82) is 0 Å². The summed E-state index contributed by atoms with van der Waals surface area (Å²) in [6, 6.07) is 23.1. The van der Waals surface area contributed by atoms with Crippen molar-refractivity contribution in [3.63, 3.8) is 0 Å². The molecule has 4 nitrogen and oxygen atoms in total. The summed E-state index contributed by atoms with van der Waals surface area (Å²) in [6.07, 6.45) is 3.54. The van der Waals surface area contributed by atoms with E-state index < -0.39 is 0 Å². The number of amides is 2. The van der Waals surface area contributed by atoms with Gasteiger partial charge >= 0.3 is 0 Å². The zero-order valence-electron chi connectivity index (χ0n) is 18.3. The van der Waals surface area contributed by atoms with Gasteiger partial charge in [0.15, 0.2) is 0 Å². The smallest absolute Gasteiger partial charge is 0.251 e. The van der Waals surface area contributed by atoms with Crippen molar-refractivity contribution < 1.29 is 14.0 Å². The average molecular weight is 431 g/mol. The normalized spacial score (nSPS) is 11.0. The van der Waals surface area contributed by atoms with Gasteiger partial charge in [0.25, 0.3) is 5.91 Å². The van der Waals surface area contributed by atoms with Crippen LogP contribution < -0.4 is 10.2 Å². The summed E-state index contributed by atoms with van der Waals surface area (Å²) in [5.74, 6) is -0.615. The van der Waals surface area contributed by atoms with Gasteiger partial charge in [-0.05, 0) is 60.9 Å². The van der Waals surface area contributed by atoms with E-state index in [-0.39, 0.29) is 36.6 Å². The van der Waals surface area contributed by atoms with E-state index in [9.17, 15) is 14.0 Å². The summed E-state index contributed by atoms with van der Waals surface area (Å²) in [5, 5.41) is 2.87. The maximum atomic E-state index is 13.7. The van der Waals surface area contributed by atoms with Crippen LogP contribution in [0.4, 0.5) is 10.1 Å². The summed E-state index contributed by atoms with van der Waals surface area (Å²) in [4.78, 5) is 26.7. The number of nitrogens with zero attached hydrogens (tertiary/aromatic N) is 1. The average Bonchev–Trinajstić information content (AvgIpc) is 2.77. The Bertz CT molecular complexity index is 1080. The van der Waals surface area contributed by atoms with E-state index in [1.54, 1.807) is 23.1 Å². The second-order valence-corrected chi connectivity index (χ2v) is 7.86. The van der Waals surface area contributed by atoms with Crippen LogP contribution >= 0.6 is 0 Å². The molecule has 164 valence electrons. The van der Waals surface area contributed by atoms with Crippen molar-refractivity contribution in [3.8, 4) is 0 Å². The lowest BCUT2D eigenvalue weighted by molar-refractivity contribution is -0.121. The van der Waals surface area contributed by atoms with Crippen molar-refractivity contribution in [3.05, 3.63) is 107 Å². The highest BCUT2D eigenvalue weighted by molar-refractivity contribution is 6.03. The van der Waals surface area contributed by atoms with Crippen LogP contribution in [0.5, 0.6) is 0 Å². The molecular weight excluding hydrogens is 403 g/mol. The van der Waals surface area contributed by atoms with Crippen LogP contribution in [0.15, 0.2) is 84.9 Å². The zero-order valence-corrected chi connectivity index (χ0v) is 18.3. The molecule has 0 saturated carbocycles. The van der Waals surface area contributed by atoms with E-state index in [4.69, 9.17) is 0 Å². The highest BCUT2D eigenvalue weighted by atomic mass is 19.1. The van der Waals surface area contributed by atoms with Gasteiger partial charge in [-0.1, -0.05) is 54.6 Å². The van der Waals surface area contributed by atoms with Gasteiger partial charge in [-0.25, -0.2) is 4.39 Å². The van der Waals surface area contributed by atoms with E-state index in [0.29, 0.717) is 11.3 Å². The number of carbonyl (C=O) groups excluding carboxylic acids is 2. The Morgan fingerprint density at radius 3 is 2.31 bits per heavy atom. The Balaban J connectivity index is 1.82. The van der Waals surface area contributed by atoms with Crippen molar-refractivity contribution in [2.75, 3.05) is 4.90 Å². The summed E-state index contributed by atoms with van der Waals surface area (Å²) < 4.78 is 13.7. The molecule has 0 spiro atoms. The molecule has 3 rings (SSSR count). The fourth-order valence-corrected chi connectivity index (χ4v) is 3.29. The first-order valence-corrected chi connectivity index (χ1v) is 10.6. The quantitative estimate of drug-likeness (QED) is 0.503. The third kappa shape index (κ3) is 6.91. The lowest BCUT2D eigenvalue weighted by Crippen LogP contribution is -2.31. The fraction of sp³-hybridized carbons (Fsp3) is 0.185. The second kappa shape index (κ2) is 11.0. The number of rotatable bonds is 8. The first-order chi connectivity index (χ1) is 15.4. The molecule has 0 aliphatic carbocycles. The number of benzene rings is 3. The van der Waals surface area contributed by atoms with Crippen LogP contribution in [-0.2, 0) is 22.6 Å². The van der Waals surface area contributed by atoms with E-state index in [2.05, 4.69) is 5.32 Å². The molecule has 3 aromatic carbocycles. The SMILES string of the molecule is CC(C)NC(=O)Cc1ccc(N(Cc2cccc(F)c2)C(=O)/C=C/c2ccccc2)cc1. The lowest BCUT2D eigenvalue weighted by atomic mass is 10.1. The van der Waals surface area contributed by atoms with Crippen molar-refractivity contribution in [2.24, 2.45) is 0 Å². The third-order valence-corrected chi connectivity index (χ3v) is 4.78. The fourth-order valence-electron chi connectivity index (χ4n) is 3.29. The highest BCUT2D eigenvalue weighted by Gasteiger charge is 2.15. The monoisotopic (exact) mass is 430 g/mol. The summed E-state index contributed by atoms with van der Waals surface area (Å²) in [5.41, 5.74) is 3.12. The number of nitrogens with one attached hydrogen (secondary N) is 1. The van der Waals surface area contributed by atoms with Gasteiger partial charge in [-0.2, -0.15) is 0 Å². The molecule has 0 saturated heterocycles. The molecule has 0 aliphatic heterocycles. The predicted octanol–water partition coefficient (Wildman–Crippen LogP) is 5.14. The molecule has 2 amide bonds. The van der Waals surface area contributed by atoms with Crippen molar-refractivity contribution in [1.82, 2.24) is 5.32 Å². The van der Waals surface area contributed by atoms with Crippen LogP contribution in [0.25, 0.3) is 6.08 Å². The Kier molecular flexibility index (Phi) is 7.92. The molecule has 3 aromatic rings. The molecule has 0 heterocycles. The predicted molar refractivity (Wildman–Crippen MR) is 126 cm³/mol. The Hall–Kier alpha value is -3.73. The minimum atomic E-state index is -0.346. The van der Waals surface area contributed by atoms with E-state index in [1.165, 1.54) is 18.2 Å². The molecule has 1 N–H and O–H groups in total. The van der Waals surface area contributed by atoms with Crippen LogP contribution in [0.1, 0.15) is 30.5 Å². The first-order valence-electron chi connectivity index (χ1n) is 10.6. The molecule has 32 heavy (non-hydrogen) atoms. The van der Waals surface area contributed by atoms with Crippen LogP contribution in [-0.4, -0.2) is 17.9 Å². The van der Waals surface area contributed by atoms with Crippen LogP contribution in [0.2, 0.25) is 0 Å². The molecular formula is C27H27FN2O2. The summed E-state index contributed by atoms with van der Waals surface area (Å²) in [7, 11) is 0. The van der Waals surface area contributed by atoms with Gasteiger partial charge in [0, 0.05) is 17.8 Å². The molecule has 0 fully saturated rings. The number of halogens is 1. The summed E-state index contributed by atoms with van der Waals surface area (Å²) >= 11 is 0. The number of carbonyl (C=O) groups is 2. The molecule has 0 bridgehead atoms. The number of hydrogen-bond acceptors (Lipinski definition) is 2. The molecule has 0 atom stereocenters. The Morgan fingerprint density at radius 2 is 1.66 bits per heavy atom. The second-order valence-electron chi connectivity index (χ2n) is 7.86. The van der Waals surface area contributed by atoms with Gasteiger partial charge in [0.1, 0.15) is 5.82 Å². The number of hydrogen-bond donors (Lipinski definition) is 1. The van der Waals surface area contributed by atoms with Gasteiger partial charge in [0.2, 0.25) is 5.91 Å². The summed E-state index contributed by atoms with van der Waals surface area (Å²) in [6.45, 7) is 4.06. The Morgan fingerprint density at radius 1 is 0.938 bits per heavy atom. The molecule has 0 radical (unpaired) electrons. The van der Waals surface area contributed by atoms with Crippen molar-refractivity contribution in [2.45, 2.75) is 32.9 Å². The van der Waals surface area contributed by atoms with Gasteiger partial charge in [-0.15, -0.1) is 0 Å². The first kappa shape index (κ1) is 22.9. The molecule has 0 aromatic heterocycles. The minimum absolute atomic E-state index is 0.0498. The van der Waals surface area contributed by atoms with Gasteiger partial charge in [-0.3, -0.25) is 9.59 Å². The van der Waals surface area contributed by atoms with Crippen LogP contribution in [0, 0.1) is 5.82 Å². The van der Waals surface area contributed by atoms with Gasteiger partial charge in [0.05, 0.1) is 13.0 Å². The van der Waals surface area contributed by atoms with Crippen molar-refractivity contribution >= 4 is 23.6 Å². The van der Waals surface area contributed by atoms with Gasteiger partial charge < -0.3 is 10.2 Å². The standard InChI is InChI=1S/C27H27FN2O2/c1-20(2)29-26(31)18-22-11-14-25(15-12-22)30(19-23-9-6-10-24(28)17-23)27(32)16-13-21-7-4-3-5-8-21/h3-17,20H,18-19H2,1-2H3,(H,29,31)/b16-13+. The van der Waals surface area contributed by atoms with E-state index >= 15 is 0 Å².